The molecule has 6 heteroatoms. The summed E-state index contributed by atoms with van der Waals surface area (Å²) in [6.07, 6.45) is 4.45. The fraction of sp³-hybridized carbons (Fsp3) is 0.667. The third-order valence-corrected chi connectivity index (χ3v) is 4.75. The lowest BCUT2D eigenvalue weighted by Crippen LogP contribution is -2.45. The van der Waals surface area contributed by atoms with Gasteiger partial charge in [0.05, 0.1) is 12.6 Å². The number of nitrogens with zero attached hydrogens (tertiary/aromatic N) is 2. The van der Waals surface area contributed by atoms with Crippen LogP contribution in [0, 0.1) is 6.92 Å². The van der Waals surface area contributed by atoms with Gasteiger partial charge in [-0.25, -0.2) is 4.98 Å². The van der Waals surface area contributed by atoms with Gasteiger partial charge in [-0.05, 0) is 44.7 Å². The summed E-state index contributed by atoms with van der Waals surface area (Å²) in [7, 11) is 0. The number of carbonyl (C=O) groups is 1. The summed E-state index contributed by atoms with van der Waals surface area (Å²) in [5.74, 6) is 1.06. The highest BCUT2D eigenvalue weighted by molar-refractivity contribution is 5.78. The summed E-state index contributed by atoms with van der Waals surface area (Å²) in [5.41, 5.74) is 1.03. The molecule has 1 aromatic heterocycles. The summed E-state index contributed by atoms with van der Waals surface area (Å²) < 4.78 is 5.53. The third kappa shape index (κ3) is 5.18. The first-order valence-electron chi connectivity index (χ1n) is 9.00. The predicted octanol–water partition coefficient (Wildman–Crippen LogP) is 1.56. The number of hydrogen-bond donors (Lipinski definition) is 2. The normalized spacial score (nSPS) is 22.5. The number of amides is 1. The molecule has 0 radical (unpaired) electrons. The molecular weight excluding hydrogens is 304 g/mol. The molecule has 2 aliphatic heterocycles. The zero-order valence-electron chi connectivity index (χ0n) is 14.5. The number of aromatic nitrogens is 1. The molecule has 1 atom stereocenters. The number of rotatable bonds is 6. The summed E-state index contributed by atoms with van der Waals surface area (Å²) in [6, 6.07) is 6.48. The molecule has 6 nitrogen and oxygen atoms in total. The summed E-state index contributed by atoms with van der Waals surface area (Å²) in [6.45, 7) is 5.85. The van der Waals surface area contributed by atoms with Crippen LogP contribution in [-0.4, -0.2) is 60.7 Å². The van der Waals surface area contributed by atoms with Crippen LogP contribution < -0.4 is 10.6 Å². The van der Waals surface area contributed by atoms with E-state index in [9.17, 15) is 4.79 Å². The fourth-order valence-electron chi connectivity index (χ4n) is 3.36. The van der Waals surface area contributed by atoms with Gasteiger partial charge in [-0.15, -0.1) is 0 Å². The molecule has 3 rings (SSSR count). The van der Waals surface area contributed by atoms with Crippen molar-refractivity contribution in [2.75, 3.05) is 38.1 Å². The van der Waals surface area contributed by atoms with E-state index in [1.807, 2.05) is 25.1 Å². The zero-order chi connectivity index (χ0) is 16.8. The maximum atomic E-state index is 12.0. The van der Waals surface area contributed by atoms with Crippen LogP contribution in [0.15, 0.2) is 18.2 Å². The molecule has 0 saturated carbocycles. The minimum atomic E-state index is 0.109. The number of pyridine rings is 1. The molecule has 1 amide bonds. The van der Waals surface area contributed by atoms with Crippen molar-refractivity contribution in [1.82, 2.24) is 15.2 Å². The van der Waals surface area contributed by atoms with Crippen molar-refractivity contribution < 1.29 is 9.53 Å². The molecule has 24 heavy (non-hydrogen) atoms. The second-order valence-electron chi connectivity index (χ2n) is 6.80. The number of ether oxygens (including phenoxy) is 1. The van der Waals surface area contributed by atoms with Gasteiger partial charge in [0.15, 0.2) is 0 Å². The van der Waals surface area contributed by atoms with Crippen LogP contribution in [0.25, 0.3) is 0 Å². The predicted molar refractivity (Wildman–Crippen MR) is 94.0 cm³/mol. The van der Waals surface area contributed by atoms with Crippen LogP contribution in [0.2, 0.25) is 0 Å². The molecule has 0 aromatic carbocycles. The van der Waals surface area contributed by atoms with Gasteiger partial charge in [-0.1, -0.05) is 6.07 Å². The van der Waals surface area contributed by atoms with Gasteiger partial charge in [-0.3, -0.25) is 9.69 Å². The summed E-state index contributed by atoms with van der Waals surface area (Å²) in [4.78, 5) is 18.8. The minimum absolute atomic E-state index is 0.109. The van der Waals surface area contributed by atoms with Gasteiger partial charge in [0, 0.05) is 38.0 Å². The quantitative estimate of drug-likeness (QED) is 0.828. The average molecular weight is 332 g/mol. The standard InChI is InChI=1S/C18H28N4O2/c1-14-4-2-6-17(20-14)21-15-7-9-22(10-8-15)13-18(23)19-12-16-5-3-11-24-16/h2,4,6,15-16H,3,5,7-13H2,1H3,(H,19,23)(H,20,21)/t16-/m0/s1. The second-order valence-corrected chi connectivity index (χ2v) is 6.80. The van der Waals surface area contributed by atoms with Crippen molar-refractivity contribution in [2.45, 2.75) is 44.8 Å². The van der Waals surface area contributed by atoms with Gasteiger partial charge in [0.1, 0.15) is 5.82 Å². The van der Waals surface area contributed by atoms with Gasteiger partial charge in [-0.2, -0.15) is 0 Å². The topological polar surface area (TPSA) is 66.5 Å². The highest BCUT2D eigenvalue weighted by atomic mass is 16.5. The smallest absolute Gasteiger partial charge is 0.234 e. The molecule has 2 aliphatic rings. The Morgan fingerprint density at radius 1 is 1.33 bits per heavy atom. The fourth-order valence-corrected chi connectivity index (χ4v) is 3.36. The first-order valence-corrected chi connectivity index (χ1v) is 9.00. The van der Waals surface area contributed by atoms with Crippen molar-refractivity contribution in [1.29, 1.82) is 0 Å². The second kappa shape index (κ2) is 8.44. The van der Waals surface area contributed by atoms with Crippen molar-refractivity contribution in [3.8, 4) is 0 Å². The minimum Gasteiger partial charge on any atom is -0.376 e. The van der Waals surface area contributed by atoms with Crippen LogP contribution in [0.4, 0.5) is 5.82 Å². The van der Waals surface area contributed by atoms with Crippen LogP contribution >= 0.6 is 0 Å². The molecule has 1 aromatic rings. The van der Waals surface area contributed by atoms with E-state index in [0.717, 1.165) is 56.9 Å². The van der Waals surface area contributed by atoms with Crippen LogP contribution in [0.5, 0.6) is 0 Å². The Labute approximate surface area is 144 Å². The monoisotopic (exact) mass is 332 g/mol. The Kier molecular flexibility index (Phi) is 6.04. The number of carbonyl (C=O) groups excluding carboxylic acids is 1. The zero-order valence-corrected chi connectivity index (χ0v) is 14.5. The van der Waals surface area contributed by atoms with Gasteiger partial charge >= 0.3 is 0 Å². The lowest BCUT2D eigenvalue weighted by molar-refractivity contribution is -0.123. The van der Waals surface area contributed by atoms with Gasteiger partial charge in [0.25, 0.3) is 0 Å². The highest BCUT2D eigenvalue weighted by Crippen LogP contribution is 2.15. The van der Waals surface area contributed by atoms with Crippen molar-refractivity contribution in [3.63, 3.8) is 0 Å². The molecule has 0 spiro atoms. The number of piperidine rings is 1. The Balaban J connectivity index is 1.34. The van der Waals surface area contributed by atoms with E-state index >= 15 is 0 Å². The molecule has 2 N–H and O–H groups in total. The number of aryl methyl sites for hydroxylation is 1. The Morgan fingerprint density at radius 2 is 2.17 bits per heavy atom. The van der Waals surface area contributed by atoms with Crippen molar-refractivity contribution in [2.24, 2.45) is 0 Å². The van der Waals surface area contributed by atoms with Crippen LogP contribution in [0.3, 0.4) is 0 Å². The molecular formula is C18H28N4O2. The average Bonchev–Trinajstić information content (AvgIpc) is 3.08. The molecule has 132 valence electrons. The van der Waals surface area contributed by atoms with E-state index in [2.05, 4.69) is 20.5 Å². The number of hydrogen-bond acceptors (Lipinski definition) is 5. The largest absolute Gasteiger partial charge is 0.376 e. The summed E-state index contributed by atoms with van der Waals surface area (Å²) in [5, 5.41) is 6.50. The van der Waals surface area contributed by atoms with Gasteiger partial charge in [0.2, 0.25) is 5.91 Å². The SMILES string of the molecule is Cc1cccc(NC2CCN(CC(=O)NC[C@@H]3CCCO3)CC2)n1. The Bertz CT molecular complexity index is 538. The molecule has 3 heterocycles. The number of anilines is 1. The van der Waals surface area contributed by atoms with E-state index in [1.54, 1.807) is 0 Å². The van der Waals surface area contributed by atoms with Crippen molar-refractivity contribution >= 4 is 11.7 Å². The number of likely N-dealkylation sites (tertiary alicyclic amines) is 1. The maximum Gasteiger partial charge on any atom is 0.234 e. The van der Waals surface area contributed by atoms with Crippen LogP contribution in [0.1, 0.15) is 31.4 Å². The van der Waals surface area contributed by atoms with Gasteiger partial charge < -0.3 is 15.4 Å². The molecule has 0 bridgehead atoms. The lowest BCUT2D eigenvalue weighted by Gasteiger charge is -2.32. The van der Waals surface area contributed by atoms with E-state index < -0.39 is 0 Å². The maximum absolute atomic E-state index is 12.0. The van der Waals surface area contributed by atoms with Crippen molar-refractivity contribution in [3.05, 3.63) is 23.9 Å². The number of nitrogens with one attached hydrogen (secondary N) is 2. The Hall–Kier alpha value is -1.66. The molecule has 2 saturated heterocycles. The summed E-state index contributed by atoms with van der Waals surface area (Å²) >= 11 is 0. The first-order chi connectivity index (χ1) is 11.7. The highest BCUT2D eigenvalue weighted by Gasteiger charge is 2.22. The Morgan fingerprint density at radius 3 is 2.88 bits per heavy atom. The van der Waals surface area contributed by atoms with E-state index in [-0.39, 0.29) is 12.0 Å². The van der Waals surface area contributed by atoms with E-state index in [0.29, 0.717) is 19.1 Å². The molecule has 0 aliphatic carbocycles. The lowest BCUT2D eigenvalue weighted by atomic mass is 10.1. The van der Waals surface area contributed by atoms with E-state index in [1.165, 1.54) is 0 Å². The molecule has 0 unspecified atom stereocenters. The molecule has 2 fully saturated rings. The van der Waals surface area contributed by atoms with Crippen LogP contribution in [-0.2, 0) is 9.53 Å². The first kappa shape index (κ1) is 17.2. The van der Waals surface area contributed by atoms with E-state index in [4.69, 9.17) is 4.74 Å². The third-order valence-electron chi connectivity index (χ3n) is 4.75.